The highest BCUT2D eigenvalue weighted by Crippen LogP contribution is 2.29. The smallest absolute Gasteiger partial charge is 0.303 e. The number of hydrogen-bond donors (Lipinski definition) is 2. The van der Waals surface area contributed by atoms with Crippen LogP contribution in [0.3, 0.4) is 0 Å². The van der Waals surface area contributed by atoms with Crippen LogP contribution in [-0.2, 0) is 14.4 Å². The van der Waals surface area contributed by atoms with Gasteiger partial charge >= 0.3 is 5.97 Å². The van der Waals surface area contributed by atoms with E-state index in [0.717, 1.165) is 0 Å². The number of carbonyl (C=O) groups is 3. The summed E-state index contributed by atoms with van der Waals surface area (Å²) in [5.41, 5.74) is 0.602. The Balaban J connectivity index is 2.08. The van der Waals surface area contributed by atoms with Gasteiger partial charge in [-0.3, -0.25) is 14.4 Å². The SMILES string of the molecule is O=C(O)CCCCC(=O)N1CCNC(=O)[C@@H]1c1ccccc1Cl. The van der Waals surface area contributed by atoms with Gasteiger partial charge in [-0.05, 0) is 18.9 Å². The summed E-state index contributed by atoms with van der Waals surface area (Å²) in [7, 11) is 0. The van der Waals surface area contributed by atoms with Crippen molar-refractivity contribution in [1.29, 1.82) is 0 Å². The highest BCUT2D eigenvalue weighted by molar-refractivity contribution is 6.31. The summed E-state index contributed by atoms with van der Waals surface area (Å²) >= 11 is 6.17. The summed E-state index contributed by atoms with van der Waals surface area (Å²) in [6, 6.07) is 6.24. The van der Waals surface area contributed by atoms with Crippen molar-refractivity contribution in [2.45, 2.75) is 31.7 Å². The van der Waals surface area contributed by atoms with Crippen molar-refractivity contribution in [3.05, 3.63) is 34.9 Å². The number of benzene rings is 1. The molecule has 0 saturated carbocycles. The van der Waals surface area contributed by atoms with Crippen LogP contribution in [-0.4, -0.2) is 40.9 Å². The van der Waals surface area contributed by atoms with Gasteiger partial charge in [-0.1, -0.05) is 29.8 Å². The molecule has 1 atom stereocenters. The second kappa shape index (κ2) is 7.97. The van der Waals surface area contributed by atoms with E-state index in [9.17, 15) is 14.4 Å². The third-order valence-electron chi connectivity index (χ3n) is 3.76. The van der Waals surface area contributed by atoms with E-state index < -0.39 is 12.0 Å². The molecule has 2 amide bonds. The standard InChI is InChI=1S/C16H19ClN2O4/c17-12-6-2-1-5-11(12)15-16(23)18-9-10-19(15)13(20)7-3-4-8-14(21)22/h1-2,5-6,15H,3-4,7-10H2,(H,18,23)(H,21,22)/t15-/m0/s1. The van der Waals surface area contributed by atoms with Crippen molar-refractivity contribution >= 4 is 29.4 Å². The topological polar surface area (TPSA) is 86.7 Å². The summed E-state index contributed by atoms with van der Waals surface area (Å²) < 4.78 is 0. The van der Waals surface area contributed by atoms with Gasteiger partial charge in [-0.25, -0.2) is 0 Å². The zero-order chi connectivity index (χ0) is 16.8. The van der Waals surface area contributed by atoms with E-state index in [-0.39, 0.29) is 24.7 Å². The summed E-state index contributed by atoms with van der Waals surface area (Å²) in [6.07, 6.45) is 1.19. The third-order valence-corrected chi connectivity index (χ3v) is 4.11. The van der Waals surface area contributed by atoms with E-state index >= 15 is 0 Å². The molecular weight excluding hydrogens is 320 g/mol. The first-order valence-electron chi connectivity index (χ1n) is 7.54. The maximum Gasteiger partial charge on any atom is 0.303 e. The molecule has 0 spiro atoms. The number of aliphatic carboxylic acids is 1. The van der Waals surface area contributed by atoms with Gasteiger partial charge in [0.1, 0.15) is 6.04 Å². The largest absolute Gasteiger partial charge is 0.481 e. The number of carboxylic acids is 1. The summed E-state index contributed by atoms with van der Waals surface area (Å²) in [5, 5.41) is 11.8. The molecule has 0 unspecified atom stereocenters. The molecule has 2 rings (SSSR count). The normalized spacial score (nSPS) is 17.7. The number of hydrogen-bond acceptors (Lipinski definition) is 3. The Hall–Kier alpha value is -2.08. The number of amides is 2. The molecule has 0 aromatic heterocycles. The van der Waals surface area contributed by atoms with Gasteiger partial charge < -0.3 is 15.3 Å². The first-order valence-corrected chi connectivity index (χ1v) is 7.92. The molecule has 0 radical (unpaired) electrons. The Morgan fingerprint density at radius 3 is 2.65 bits per heavy atom. The Bertz CT molecular complexity index is 605. The average Bonchev–Trinajstić information content (AvgIpc) is 2.52. The monoisotopic (exact) mass is 338 g/mol. The van der Waals surface area contributed by atoms with E-state index in [1.807, 2.05) is 0 Å². The van der Waals surface area contributed by atoms with Crippen LogP contribution in [0.25, 0.3) is 0 Å². The summed E-state index contributed by atoms with van der Waals surface area (Å²) in [5.74, 6) is -1.28. The fourth-order valence-corrected chi connectivity index (χ4v) is 2.88. The number of carbonyl (C=O) groups excluding carboxylic acids is 2. The number of unbranched alkanes of at least 4 members (excludes halogenated alkanes) is 1. The molecule has 1 fully saturated rings. The lowest BCUT2D eigenvalue weighted by molar-refractivity contribution is -0.143. The van der Waals surface area contributed by atoms with Gasteiger partial charge in [0.05, 0.1) is 0 Å². The van der Waals surface area contributed by atoms with E-state index in [4.69, 9.17) is 16.7 Å². The highest BCUT2D eigenvalue weighted by atomic mass is 35.5. The zero-order valence-corrected chi connectivity index (χ0v) is 13.4. The Kier molecular flexibility index (Phi) is 5.98. The molecule has 6 nitrogen and oxygen atoms in total. The minimum Gasteiger partial charge on any atom is -0.481 e. The average molecular weight is 339 g/mol. The first-order chi connectivity index (χ1) is 11.0. The van der Waals surface area contributed by atoms with Crippen LogP contribution in [0.2, 0.25) is 5.02 Å². The third kappa shape index (κ3) is 4.45. The lowest BCUT2D eigenvalue weighted by atomic mass is 10.0. The van der Waals surface area contributed by atoms with E-state index in [0.29, 0.717) is 36.5 Å². The fraction of sp³-hybridized carbons (Fsp3) is 0.438. The molecule has 1 aliphatic heterocycles. The summed E-state index contributed by atoms with van der Waals surface area (Å²) in [4.78, 5) is 36.7. The molecule has 1 saturated heterocycles. The minimum atomic E-state index is -0.872. The minimum absolute atomic E-state index is 0.0434. The highest BCUT2D eigenvalue weighted by Gasteiger charge is 2.35. The second-order valence-electron chi connectivity index (χ2n) is 5.40. The van der Waals surface area contributed by atoms with Gasteiger partial charge in [-0.15, -0.1) is 0 Å². The lowest BCUT2D eigenvalue weighted by Gasteiger charge is -2.35. The molecule has 1 aromatic carbocycles. The number of carboxylic acid groups (broad SMARTS) is 1. The van der Waals surface area contributed by atoms with Crippen LogP contribution in [0.15, 0.2) is 24.3 Å². The van der Waals surface area contributed by atoms with Crippen LogP contribution in [0, 0.1) is 0 Å². The van der Waals surface area contributed by atoms with Crippen LogP contribution in [0.4, 0.5) is 0 Å². The predicted molar refractivity (Wildman–Crippen MR) is 85.0 cm³/mol. The first kappa shape index (κ1) is 17.3. The molecule has 1 heterocycles. The molecule has 7 heteroatoms. The Morgan fingerprint density at radius 2 is 1.96 bits per heavy atom. The molecule has 23 heavy (non-hydrogen) atoms. The quantitative estimate of drug-likeness (QED) is 0.776. The number of nitrogens with one attached hydrogen (secondary N) is 1. The Morgan fingerprint density at radius 1 is 1.26 bits per heavy atom. The van der Waals surface area contributed by atoms with Crippen LogP contribution >= 0.6 is 11.6 Å². The van der Waals surface area contributed by atoms with Crippen molar-refractivity contribution in [2.24, 2.45) is 0 Å². The maximum absolute atomic E-state index is 12.4. The van der Waals surface area contributed by atoms with Gasteiger partial charge in [0.2, 0.25) is 11.8 Å². The van der Waals surface area contributed by atoms with Gasteiger partial charge in [0.15, 0.2) is 0 Å². The van der Waals surface area contributed by atoms with Crippen molar-refractivity contribution < 1.29 is 19.5 Å². The van der Waals surface area contributed by atoms with Crippen LogP contribution in [0.1, 0.15) is 37.3 Å². The van der Waals surface area contributed by atoms with E-state index in [1.165, 1.54) is 4.90 Å². The second-order valence-corrected chi connectivity index (χ2v) is 5.81. The number of halogens is 1. The molecule has 0 aliphatic carbocycles. The fourth-order valence-electron chi connectivity index (χ4n) is 2.64. The number of rotatable bonds is 6. The van der Waals surface area contributed by atoms with Crippen molar-refractivity contribution in [1.82, 2.24) is 10.2 Å². The van der Waals surface area contributed by atoms with E-state index in [1.54, 1.807) is 24.3 Å². The summed E-state index contributed by atoms with van der Waals surface area (Å²) in [6.45, 7) is 0.819. The zero-order valence-electron chi connectivity index (χ0n) is 12.6. The van der Waals surface area contributed by atoms with Gasteiger partial charge in [0, 0.05) is 36.5 Å². The molecular formula is C16H19ClN2O4. The van der Waals surface area contributed by atoms with Gasteiger partial charge in [-0.2, -0.15) is 0 Å². The van der Waals surface area contributed by atoms with Crippen molar-refractivity contribution in [3.8, 4) is 0 Å². The van der Waals surface area contributed by atoms with Gasteiger partial charge in [0.25, 0.3) is 0 Å². The molecule has 1 aromatic rings. The Labute approximate surface area is 139 Å². The predicted octanol–water partition coefficient (Wildman–Crippen LogP) is 1.98. The molecule has 0 bridgehead atoms. The van der Waals surface area contributed by atoms with Crippen molar-refractivity contribution in [2.75, 3.05) is 13.1 Å². The van der Waals surface area contributed by atoms with Crippen LogP contribution in [0.5, 0.6) is 0 Å². The van der Waals surface area contributed by atoms with Crippen molar-refractivity contribution in [3.63, 3.8) is 0 Å². The number of piperazine rings is 1. The number of nitrogens with zero attached hydrogens (tertiary/aromatic N) is 1. The maximum atomic E-state index is 12.4. The molecule has 1 aliphatic rings. The molecule has 2 N–H and O–H groups in total. The van der Waals surface area contributed by atoms with Crippen LogP contribution < -0.4 is 5.32 Å². The molecule has 124 valence electrons. The van der Waals surface area contributed by atoms with E-state index in [2.05, 4.69) is 5.32 Å². The lowest BCUT2D eigenvalue weighted by Crippen LogP contribution is -2.52.